The Morgan fingerprint density at radius 1 is 1.23 bits per heavy atom. The van der Waals surface area contributed by atoms with E-state index in [1.807, 2.05) is 44.2 Å². The summed E-state index contributed by atoms with van der Waals surface area (Å²) in [6.45, 7) is 4.19. The van der Waals surface area contributed by atoms with Crippen LogP contribution in [0.1, 0.15) is 49.2 Å². The smallest absolute Gasteiger partial charge is 0.280 e. The lowest BCUT2D eigenvalue weighted by Gasteiger charge is -2.22. The van der Waals surface area contributed by atoms with Crippen molar-refractivity contribution in [3.63, 3.8) is 0 Å². The summed E-state index contributed by atoms with van der Waals surface area (Å²) in [5.74, 6) is -0.363. The van der Waals surface area contributed by atoms with Gasteiger partial charge >= 0.3 is 0 Å². The number of rotatable bonds is 6. The van der Waals surface area contributed by atoms with Gasteiger partial charge in [0.2, 0.25) is 5.91 Å². The molecule has 2 amide bonds. The molecule has 0 saturated heterocycles. The summed E-state index contributed by atoms with van der Waals surface area (Å²) >= 11 is 0. The zero-order valence-electron chi connectivity index (χ0n) is 17.7. The van der Waals surface area contributed by atoms with Crippen LogP contribution in [0.15, 0.2) is 41.2 Å². The second kappa shape index (κ2) is 7.37. The molecule has 2 aliphatic rings. The second-order valence-electron chi connectivity index (χ2n) is 8.42. The summed E-state index contributed by atoms with van der Waals surface area (Å²) in [6, 6.07) is 11.6. The fourth-order valence-electron chi connectivity index (χ4n) is 4.12. The highest BCUT2D eigenvalue weighted by Crippen LogP contribution is 2.27. The van der Waals surface area contributed by atoms with Gasteiger partial charge in [0.05, 0.1) is 17.8 Å². The van der Waals surface area contributed by atoms with Crippen LogP contribution in [0.4, 0.5) is 0 Å². The molecule has 3 heterocycles. The molecule has 1 aliphatic carbocycles. The van der Waals surface area contributed by atoms with Gasteiger partial charge in [-0.05, 0) is 26.2 Å². The van der Waals surface area contributed by atoms with Crippen molar-refractivity contribution >= 4 is 17.5 Å². The third-order valence-electron chi connectivity index (χ3n) is 6.20. The van der Waals surface area contributed by atoms with E-state index < -0.39 is 0 Å². The van der Waals surface area contributed by atoms with Crippen molar-refractivity contribution in [1.82, 2.24) is 24.4 Å². The van der Waals surface area contributed by atoms with Gasteiger partial charge in [-0.1, -0.05) is 37.3 Å². The van der Waals surface area contributed by atoms with Gasteiger partial charge in [-0.15, -0.1) is 0 Å². The maximum absolute atomic E-state index is 13.3. The first-order valence-corrected chi connectivity index (χ1v) is 10.8. The van der Waals surface area contributed by atoms with Crippen LogP contribution in [-0.4, -0.2) is 43.0 Å². The number of hydrogen-bond donors (Lipinski definition) is 1. The molecule has 0 spiro atoms. The minimum absolute atomic E-state index is 0.000224. The molecule has 2 aromatic heterocycles. The van der Waals surface area contributed by atoms with Gasteiger partial charge in [-0.2, -0.15) is 9.61 Å². The molecular formula is C23H25N5O3. The Labute approximate surface area is 179 Å². The molecule has 160 valence electrons. The first-order valence-electron chi connectivity index (χ1n) is 10.8. The number of hydrogen-bond acceptors (Lipinski definition) is 4. The second-order valence-corrected chi connectivity index (χ2v) is 8.42. The largest absolute Gasteiger partial charge is 0.352 e. The van der Waals surface area contributed by atoms with E-state index >= 15 is 0 Å². The van der Waals surface area contributed by atoms with Gasteiger partial charge < -0.3 is 14.8 Å². The van der Waals surface area contributed by atoms with E-state index in [0.717, 1.165) is 24.8 Å². The van der Waals surface area contributed by atoms with Crippen LogP contribution in [-0.2, 0) is 17.9 Å². The maximum atomic E-state index is 13.3. The van der Waals surface area contributed by atoms with Crippen LogP contribution >= 0.6 is 0 Å². The summed E-state index contributed by atoms with van der Waals surface area (Å²) in [5, 5.41) is 7.52. The summed E-state index contributed by atoms with van der Waals surface area (Å²) in [5.41, 5.74) is 2.36. The van der Waals surface area contributed by atoms with Gasteiger partial charge in [-0.3, -0.25) is 14.4 Å². The highest BCUT2D eigenvalue weighted by atomic mass is 16.2. The van der Waals surface area contributed by atoms with Crippen LogP contribution in [0.2, 0.25) is 0 Å². The number of carbonyl (C=O) groups is 2. The third-order valence-corrected chi connectivity index (χ3v) is 6.20. The topological polar surface area (TPSA) is 88.7 Å². The Hall–Kier alpha value is -3.42. The minimum Gasteiger partial charge on any atom is -0.352 e. The highest BCUT2D eigenvalue weighted by molar-refractivity contribution is 5.98. The molecule has 1 aromatic carbocycles. The number of nitrogens with one attached hydrogen (secondary N) is 1. The summed E-state index contributed by atoms with van der Waals surface area (Å²) in [4.78, 5) is 41.0. The lowest BCUT2D eigenvalue weighted by atomic mass is 10.1. The van der Waals surface area contributed by atoms with Gasteiger partial charge in [0, 0.05) is 23.7 Å². The average molecular weight is 419 g/mol. The molecule has 3 aromatic rings. The maximum Gasteiger partial charge on any atom is 0.280 e. The summed E-state index contributed by atoms with van der Waals surface area (Å²) in [7, 11) is 0. The van der Waals surface area contributed by atoms with E-state index in [1.54, 1.807) is 15.5 Å². The molecule has 1 N–H and O–H groups in total. The molecule has 5 rings (SSSR count). The number of fused-ring (bicyclic) bond motifs is 2. The molecule has 1 atom stereocenters. The van der Waals surface area contributed by atoms with E-state index in [4.69, 9.17) is 0 Å². The Balaban J connectivity index is 1.68. The van der Waals surface area contributed by atoms with E-state index in [2.05, 4.69) is 10.4 Å². The third kappa shape index (κ3) is 3.32. The zero-order chi connectivity index (χ0) is 21.7. The van der Waals surface area contributed by atoms with Crippen molar-refractivity contribution in [2.75, 3.05) is 0 Å². The molecule has 1 aliphatic heterocycles. The lowest BCUT2D eigenvalue weighted by Crippen LogP contribution is -2.35. The van der Waals surface area contributed by atoms with Crippen LogP contribution in [0.3, 0.4) is 0 Å². The van der Waals surface area contributed by atoms with E-state index in [9.17, 15) is 14.4 Å². The number of aromatic nitrogens is 3. The zero-order valence-corrected chi connectivity index (χ0v) is 17.7. The van der Waals surface area contributed by atoms with Gasteiger partial charge in [-0.25, -0.2) is 0 Å². The van der Waals surface area contributed by atoms with E-state index in [-0.39, 0.29) is 42.5 Å². The standard InChI is InChI=1S/C23H25N5O3/c1-3-14(2)26-12-17-21(23(26)31)27(13-19(29)24-16-9-10-16)20-11-18(25-28(20)22(17)30)15-7-5-4-6-8-15/h4-8,11,14,16H,3,9-10,12-13H2,1-2H3,(H,24,29). The molecule has 1 saturated carbocycles. The molecule has 1 fully saturated rings. The number of benzene rings is 1. The fraction of sp³-hybridized carbons (Fsp3) is 0.391. The van der Waals surface area contributed by atoms with Crippen molar-refractivity contribution in [3.05, 3.63) is 58.0 Å². The van der Waals surface area contributed by atoms with Crippen molar-refractivity contribution in [2.45, 2.75) is 58.3 Å². The summed E-state index contributed by atoms with van der Waals surface area (Å²) in [6.07, 6.45) is 2.75. The molecular weight excluding hydrogens is 394 g/mol. The van der Waals surface area contributed by atoms with Gasteiger partial charge in [0.1, 0.15) is 17.9 Å². The predicted octanol–water partition coefficient (Wildman–Crippen LogP) is 2.20. The molecule has 0 radical (unpaired) electrons. The highest BCUT2D eigenvalue weighted by Gasteiger charge is 2.37. The van der Waals surface area contributed by atoms with Crippen molar-refractivity contribution in [3.8, 4) is 11.3 Å². The molecule has 1 unspecified atom stereocenters. The predicted molar refractivity (Wildman–Crippen MR) is 116 cm³/mol. The van der Waals surface area contributed by atoms with Gasteiger partial charge in [0.25, 0.3) is 11.5 Å². The van der Waals surface area contributed by atoms with E-state index in [0.29, 0.717) is 22.6 Å². The van der Waals surface area contributed by atoms with E-state index in [1.165, 1.54) is 4.52 Å². The van der Waals surface area contributed by atoms with Crippen LogP contribution in [0, 0.1) is 0 Å². The minimum atomic E-state index is -0.301. The van der Waals surface area contributed by atoms with Crippen LogP contribution in [0.5, 0.6) is 0 Å². The van der Waals surface area contributed by atoms with Crippen molar-refractivity contribution < 1.29 is 9.59 Å². The number of amides is 2. The molecule has 8 nitrogen and oxygen atoms in total. The Bertz CT molecular complexity index is 1240. The Morgan fingerprint density at radius 2 is 1.97 bits per heavy atom. The Kier molecular flexibility index (Phi) is 4.64. The quantitative estimate of drug-likeness (QED) is 0.663. The summed E-state index contributed by atoms with van der Waals surface area (Å²) < 4.78 is 3.00. The van der Waals surface area contributed by atoms with Crippen molar-refractivity contribution in [2.24, 2.45) is 0 Å². The number of carbonyl (C=O) groups excluding carboxylic acids is 2. The van der Waals surface area contributed by atoms with Crippen LogP contribution in [0.25, 0.3) is 16.9 Å². The molecule has 0 bridgehead atoms. The lowest BCUT2D eigenvalue weighted by molar-refractivity contribution is -0.121. The molecule has 31 heavy (non-hydrogen) atoms. The SMILES string of the molecule is CCC(C)N1Cc2c(n(CC(=O)NC3CC3)c3cc(-c4ccccc4)nn3c2=O)C1=O. The van der Waals surface area contributed by atoms with Crippen molar-refractivity contribution in [1.29, 1.82) is 0 Å². The van der Waals surface area contributed by atoms with Gasteiger partial charge in [0.15, 0.2) is 0 Å². The first kappa shape index (κ1) is 19.5. The number of nitrogens with zero attached hydrogens (tertiary/aromatic N) is 4. The van der Waals surface area contributed by atoms with Crippen LogP contribution < -0.4 is 10.9 Å². The average Bonchev–Trinajstić information content (AvgIpc) is 3.35. The Morgan fingerprint density at radius 3 is 2.65 bits per heavy atom. The monoisotopic (exact) mass is 419 g/mol. The first-order chi connectivity index (χ1) is 15.0. The fourth-order valence-corrected chi connectivity index (χ4v) is 4.12. The molecule has 8 heteroatoms. The normalized spacial score (nSPS) is 16.6.